The molecule has 5 aromatic rings. The van der Waals surface area contributed by atoms with Crippen LogP contribution in [-0.4, -0.2) is 30.7 Å². The maximum absolute atomic E-state index is 13.0. The summed E-state index contributed by atoms with van der Waals surface area (Å²) in [5, 5.41) is 15.8. The Bertz CT molecular complexity index is 1370. The van der Waals surface area contributed by atoms with Crippen LogP contribution in [0.3, 0.4) is 0 Å². The Kier molecular flexibility index (Phi) is 4.64. The molecule has 8 heteroatoms. The van der Waals surface area contributed by atoms with Crippen LogP contribution in [0.25, 0.3) is 28.4 Å². The van der Waals surface area contributed by atoms with Crippen molar-refractivity contribution in [2.24, 2.45) is 0 Å². The highest BCUT2D eigenvalue weighted by molar-refractivity contribution is 6.04. The second kappa shape index (κ2) is 7.75. The fourth-order valence-electron chi connectivity index (χ4n) is 3.13. The van der Waals surface area contributed by atoms with Gasteiger partial charge in [0.25, 0.3) is 5.91 Å². The summed E-state index contributed by atoms with van der Waals surface area (Å²) in [4.78, 5) is 16.6. The lowest BCUT2D eigenvalue weighted by atomic mass is 10.1. The topological polar surface area (TPSA) is 85.1 Å². The zero-order valence-electron chi connectivity index (χ0n) is 16.1. The molecule has 0 radical (unpaired) electrons. The molecule has 3 aromatic heterocycles. The van der Waals surface area contributed by atoms with Gasteiger partial charge in [-0.05, 0) is 60.7 Å². The SMILES string of the molecule is O=C(Nc1ccc(-c2ccc3nnc(-c4ccccn4)n3n2)cc1)c1ccc(F)cc1. The van der Waals surface area contributed by atoms with Crippen molar-refractivity contribution in [2.75, 3.05) is 5.32 Å². The van der Waals surface area contributed by atoms with Gasteiger partial charge in [0.1, 0.15) is 11.5 Å². The molecule has 0 spiro atoms. The average molecular weight is 410 g/mol. The molecule has 0 aliphatic heterocycles. The third-order valence-corrected chi connectivity index (χ3v) is 4.70. The van der Waals surface area contributed by atoms with Crippen LogP contribution in [0.4, 0.5) is 10.1 Å². The average Bonchev–Trinajstić information content (AvgIpc) is 3.24. The summed E-state index contributed by atoms with van der Waals surface area (Å²) in [7, 11) is 0. The Morgan fingerprint density at radius 1 is 0.839 bits per heavy atom. The predicted molar refractivity (Wildman–Crippen MR) is 114 cm³/mol. The van der Waals surface area contributed by atoms with Gasteiger partial charge in [-0.15, -0.1) is 10.2 Å². The number of carbonyl (C=O) groups is 1. The Labute approximate surface area is 176 Å². The van der Waals surface area contributed by atoms with Crippen molar-refractivity contribution in [1.29, 1.82) is 0 Å². The van der Waals surface area contributed by atoms with E-state index >= 15 is 0 Å². The summed E-state index contributed by atoms with van der Waals surface area (Å²) in [5.74, 6) is -0.137. The summed E-state index contributed by atoms with van der Waals surface area (Å²) < 4.78 is 14.7. The minimum absolute atomic E-state index is 0.309. The zero-order valence-corrected chi connectivity index (χ0v) is 16.1. The molecule has 0 bridgehead atoms. The highest BCUT2D eigenvalue weighted by Crippen LogP contribution is 2.22. The van der Waals surface area contributed by atoms with Crippen LogP contribution in [0.1, 0.15) is 10.4 Å². The van der Waals surface area contributed by atoms with Crippen molar-refractivity contribution in [3.05, 3.63) is 96.4 Å². The van der Waals surface area contributed by atoms with Gasteiger partial charge in [-0.1, -0.05) is 18.2 Å². The van der Waals surface area contributed by atoms with Crippen molar-refractivity contribution in [1.82, 2.24) is 24.8 Å². The van der Waals surface area contributed by atoms with Gasteiger partial charge in [0.15, 0.2) is 5.65 Å². The number of pyridine rings is 1. The Morgan fingerprint density at radius 3 is 2.39 bits per heavy atom. The maximum Gasteiger partial charge on any atom is 0.255 e. The third kappa shape index (κ3) is 3.74. The minimum Gasteiger partial charge on any atom is -0.322 e. The molecule has 0 saturated heterocycles. The normalized spacial score (nSPS) is 10.9. The van der Waals surface area contributed by atoms with Crippen molar-refractivity contribution in [2.45, 2.75) is 0 Å². The number of fused-ring (bicyclic) bond motifs is 1. The third-order valence-electron chi connectivity index (χ3n) is 4.70. The molecule has 0 fully saturated rings. The molecule has 0 aliphatic rings. The summed E-state index contributed by atoms with van der Waals surface area (Å²) >= 11 is 0. The lowest BCUT2D eigenvalue weighted by molar-refractivity contribution is 0.102. The van der Waals surface area contributed by atoms with Crippen LogP contribution < -0.4 is 5.32 Å². The van der Waals surface area contributed by atoms with Crippen LogP contribution in [0.15, 0.2) is 85.1 Å². The molecule has 0 atom stereocenters. The van der Waals surface area contributed by atoms with Gasteiger partial charge in [0.2, 0.25) is 5.82 Å². The number of anilines is 1. The molecule has 1 amide bonds. The Hall–Kier alpha value is -4.46. The largest absolute Gasteiger partial charge is 0.322 e. The fraction of sp³-hybridized carbons (Fsp3) is 0. The first kappa shape index (κ1) is 18.6. The highest BCUT2D eigenvalue weighted by atomic mass is 19.1. The highest BCUT2D eigenvalue weighted by Gasteiger charge is 2.12. The number of carbonyl (C=O) groups excluding carboxylic acids is 1. The number of nitrogens with one attached hydrogen (secondary N) is 1. The first-order chi connectivity index (χ1) is 15.2. The van der Waals surface area contributed by atoms with Gasteiger partial charge >= 0.3 is 0 Å². The molecule has 0 aliphatic carbocycles. The van der Waals surface area contributed by atoms with E-state index in [2.05, 4.69) is 25.6 Å². The van der Waals surface area contributed by atoms with E-state index < -0.39 is 0 Å². The Morgan fingerprint density at radius 2 is 1.65 bits per heavy atom. The number of aromatic nitrogens is 5. The molecule has 1 N–H and O–H groups in total. The molecule has 7 nitrogen and oxygen atoms in total. The first-order valence-electron chi connectivity index (χ1n) is 9.49. The van der Waals surface area contributed by atoms with Crippen molar-refractivity contribution in [3.8, 4) is 22.8 Å². The summed E-state index contributed by atoms with van der Waals surface area (Å²) in [6, 6.07) is 21.9. The molecular formula is C23H15FN6O. The number of amides is 1. The van der Waals surface area contributed by atoms with Crippen LogP contribution in [0.5, 0.6) is 0 Å². The molecule has 31 heavy (non-hydrogen) atoms. The zero-order chi connectivity index (χ0) is 21.2. The molecule has 3 heterocycles. The van der Waals surface area contributed by atoms with Crippen molar-refractivity contribution >= 4 is 17.2 Å². The number of nitrogens with zero attached hydrogens (tertiary/aromatic N) is 5. The van der Waals surface area contributed by atoms with Crippen LogP contribution in [0.2, 0.25) is 0 Å². The van der Waals surface area contributed by atoms with E-state index in [-0.39, 0.29) is 11.7 Å². The maximum atomic E-state index is 13.0. The molecule has 0 saturated carbocycles. The molecule has 5 rings (SSSR count). The number of hydrogen-bond acceptors (Lipinski definition) is 5. The van der Waals surface area contributed by atoms with E-state index in [0.717, 1.165) is 11.3 Å². The van der Waals surface area contributed by atoms with E-state index in [9.17, 15) is 9.18 Å². The molecule has 0 unspecified atom stereocenters. The van der Waals surface area contributed by atoms with Gasteiger partial charge in [-0.2, -0.15) is 9.61 Å². The van der Waals surface area contributed by atoms with Gasteiger partial charge < -0.3 is 5.32 Å². The van der Waals surface area contributed by atoms with Crippen molar-refractivity contribution < 1.29 is 9.18 Å². The van der Waals surface area contributed by atoms with Crippen LogP contribution in [-0.2, 0) is 0 Å². The molecular weight excluding hydrogens is 395 g/mol. The standard InChI is InChI=1S/C23H15FN6O/c24-17-8-4-16(5-9-17)23(31)26-18-10-6-15(7-11-18)19-12-13-21-27-28-22(30(21)29-19)20-3-1-2-14-25-20/h1-14H,(H,26,31). The summed E-state index contributed by atoms with van der Waals surface area (Å²) in [6.07, 6.45) is 1.69. The lowest BCUT2D eigenvalue weighted by Gasteiger charge is -2.07. The van der Waals surface area contributed by atoms with Gasteiger partial charge in [-0.3, -0.25) is 9.78 Å². The van der Waals surface area contributed by atoms with Gasteiger partial charge in [-0.25, -0.2) is 4.39 Å². The van der Waals surface area contributed by atoms with Crippen molar-refractivity contribution in [3.63, 3.8) is 0 Å². The first-order valence-corrected chi connectivity index (χ1v) is 9.49. The number of halogens is 1. The van der Waals surface area contributed by atoms with Crippen LogP contribution >= 0.6 is 0 Å². The monoisotopic (exact) mass is 410 g/mol. The lowest BCUT2D eigenvalue weighted by Crippen LogP contribution is -2.11. The number of rotatable bonds is 4. The molecule has 150 valence electrons. The molecule has 2 aromatic carbocycles. The number of hydrogen-bond donors (Lipinski definition) is 1. The second-order valence-corrected chi connectivity index (χ2v) is 6.77. The number of benzene rings is 2. The minimum atomic E-state index is -0.385. The van der Waals surface area contributed by atoms with E-state index in [0.29, 0.717) is 28.4 Å². The quantitative estimate of drug-likeness (QED) is 0.479. The van der Waals surface area contributed by atoms with Gasteiger partial charge in [0.05, 0.1) is 5.69 Å². The van der Waals surface area contributed by atoms with E-state index in [1.54, 1.807) is 22.8 Å². The van der Waals surface area contributed by atoms with Crippen LogP contribution in [0, 0.1) is 5.82 Å². The predicted octanol–water partition coefficient (Wildman–Crippen LogP) is 4.24. The Balaban J connectivity index is 1.40. The summed E-state index contributed by atoms with van der Waals surface area (Å²) in [5.41, 5.74) is 3.89. The fourth-order valence-corrected chi connectivity index (χ4v) is 3.13. The van der Waals surface area contributed by atoms with E-state index in [4.69, 9.17) is 0 Å². The summed E-state index contributed by atoms with van der Waals surface area (Å²) in [6.45, 7) is 0. The van der Waals surface area contributed by atoms with E-state index in [1.165, 1.54) is 24.3 Å². The van der Waals surface area contributed by atoms with E-state index in [1.807, 2.05) is 42.5 Å². The second-order valence-electron chi connectivity index (χ2n) is 6.77. The van der Waals surface area contributed by atoms with Gasteiger partial charge in [0, 0.05) is 23.0 Å². The smallest absolute Gasteiger partial charge is 0.255 e.